The van der Waals surface area contributed by atoms with Crippen LogP contribution in [0.3, 0.4) is 0 Å². The van der Waals surface area contributed by atoms with Crippen LogP contribution in [-0.2, 0) is 11.3 Å². The summed E-state index contributed by atoms with van der Waals surface area (Å²) in [5.41, 5.74) is 0.856. The third kappa shape index (κ3) is 3.96. The third-order valence-electron chi connectivity index (χ3n) is 2.21. The summed E-state index contributed by atoms with van der Waals surface area (Å²) in [5, 5.41) is 2.16. The second kappa shape index (κ2) is 6.74. The van der Waals surface area contributed by atoms with E-state index < -0.39 is 6.09 Å². The molecule has 8 heteroatoms. The number of benzene rings is 1. The van der Waals surface area contributed by atoms with Crippen LogP contribution in [0.15, 0.2) is 30.3 Å². The van der Waals surface area contributed by atoms with Crippen LogP contribution in [0.1, 0.15) is 5.56 Å². The number of carbonyl (C=O) groups excluding carboxylic acids is 1. The van der Waals surface area contributed by atoms with E-state index in [9.17, 15) is 4.79 Å². The van der Waals surface area contributed by atoms with Crippen LogP contribution in [0, 0.1) is 0 Å². The fraction of sp³-hybridized carbons (Fsp3) is 0.0833. The lowest BCUT2D eigenvalue weighted by Crippen LogP contribution is -2.15. The molecule has 0 atom stereocenters. The monoisotopic (exact) mass is 331 g/mol. The number of hydrogen-bond acceptors (Lipinski definition) is 4. The number of aromatic nitrogens is 2. The predicted molar refractivity (Wildman–Crippen MR) is 77.3 cm³/mol. The lowest BCUT2D eigenvalue weighted by molar-refractivity contribution is 0.155. The van der Waals surface area contributed by atoms with E-state index in [0.717, 1.165) is 5.56 Å². The van der Waals surface area contributed by atoms with Crippen molar-refractivity contribution in [2.45, 2.75) is 6.61 Å². The molecule has 104 valence electrons. The summed E-state index contributed by atoms with van der Waals surface area (Å²) >= 11 is 17.1. The Bertz CT molecular complexity index is 623. The van der Waals surface area contributed by atoms with E-state index in [0.29, 0.717) is 0 Å². The van der Waals surface area contributed by atoms with Gasteiger partial charge in [0.15, 0.2) is 21.3 Å². The topological polar surface area (TPSA) is 64.1 Å². The van der Waals surface area contributed by atoms with E-state index in [1.165, 1.54) is 0 Å². The van der Waals surface area contributed by atoms with E-state index >= 15 is 0 Å². The Kier molecular flexibility index (Phi) is 5.00. The molecule has 0 aliphatic carbocycles. The number of amides is 1. The van der Waals surface area contributed by atoms with E-state index in [2.05, 4.69) is 15.3 Å². The fourth-order valence-electron chi connectivity index (χ4n) is 1.31. The summed E-state index contributed by atoms with van der Waals surface area (Å²) in [6.07, 6.45) is -0.719. The Hall–Kier alpha value is -1.56. The number of carbonyl (C=O) groups is 1. The zero-order valence-electron chi connectivity index (χ0n) is 9.94. The average molecular weight is 333 g/mol. The summed E-state index contributed by atoms with van der Waals surface area (Å²) in [5.74, 6) is -0.0147. The van der Waals surface area contributed by atoms with Crippen molar-refractivity contribution in [2.75, 3.05) is 5.32 Å². The molecule has 1 aromatic carbocycles. The van der Waals surface area contributed by atoms with Crippen molar-refractivity contribution in [3.63, 3.8) is 0 Å². The van der Waals surface area contributed by atoms with E-state index in [4.69, 9.17) is 39.5 Å². The minimum atomic E-state index is -0.719. The van der Waals surface area contributed by atoms with Crippen molar-refractivity contribution in [3.05, 3.63) is 51.4 Å². The van der Waals surface area contributed by atoms with Gasteiger partial charge in [0.2, 0.25) is 0 Å². The normalized spacial score (nSPS) is 10.2. The van der Waals surface area contributed by atoms with Crippen molar-refractivity contribution in [3.8, 4) is 0 Å². The first-order chi connectivity index (χ1) is 9.56. The second-order valence-electron chi connectivity index (χ2n) is 3.63. The number of hydrogen-bond donors (Lipinski definition) is 1. The molecular weight excluding hydrogens is 325 g/mol. The molecular formula is C12H8Cl3N3O2. The Morgan fingerprint density at radius 3 is 2.40 bits per heavy atom. The Balaban J connectivity index is 1.97. The van der Waals surface area contributed by atoms with Crippen molar-refractivity contribution in [1.29, 1.82) is 0 Å². The molecule has 0 saturated carbocycles. The quantitative estimate of drug-likeness (QED) is 0.915. The molecule has 1 aromatic heterocycles. The van der Waals surface area contributed by atoms with Gasteiger partial charge in [0, 0.05) is 0 Å². The van der Waals surface area contributed by atoms with Gasteiger partial charge in [-0.3, -0.25) is 5.32 Å². The van der Waals surface area contributed by atoms with Crippen LogP contribution in [0.25, 0.3) is 0 Å². The van der Waals surface area contributed by atoms with Crippen LogP contribution in [-0.4, -0.2) is 16.1 Å². The Labute approximate surface area is 129 Å². The Morgan fingerprint density at radius 1 is 1.05 bits per heavy atom. The van der Waals surface area contributed by atoms with Crippen LogP contribution in [0.2, 0.25) is 15.5 Å². The maximum atomic E-state index is 11.6. The average Bonchev–Trinajstić information content (AvgIpc) is 2.44. The van der Waals surface area contributed by atoms with Crippen LogP contribution in [0.5, 0.6) is 0 Å². The standard InChI is InChI=1S/C12H8Cl3N3O2/c13-8-9(14)17-11(10(15)16-8)18-12(19)20-6-7-4-2-1-3-5-7/h1-5H,6H2,(H,17,18,19). The van der Waals surface area contributed by atoms with Crippen molar-refractivity contribution in [1.82, 2.24) is 9.97 Å². The van der Waals surface area contributed by atoms with Gasteiger partial charge in [-0.15, -0.1) is 0 Å². The van der Waals surface area contributed by atoms with Crippen LogP contribution >= 0.6 is 34.8 Å². The molecule has 0 unspecified atom stereocenters. The fourth-order valence-corrected chi connectivity index (χ4v) is 1.78. The molecule has 0 bridgehead atoms. The molecule has 1 heterocycles. The number of ether oxygens (including phenoxy) is 1. The largest absolute Gasteiger partial charge is 0.444 e. The van der Waals surface area contributed by atoms with Crippen molar-refractivity contribution >= 4 is 46.7 Å². The molecule has 0 fully saturated rings. The highest BCUT2D eigenvalue weighted by atomic mass is 35.5. The predicted octanol–water partition coefficient (Wildman–Crippen LogP) is 4.19. The molecule has 2 rings (SSSR count). The van der Waals surface area contributed by atoms with Gasteiger partial charge in [0.25, 0.3) is 0 Å². The van der Waals surface area contributed by atoms with Crippen molar-refractivity contribution < 1.29 is 9.53 Å². The highest BCUT2D eigenvalue weighted by Crippen LogP contribution is 2.25. The summed E-state index contributed by atoms with van der Waals surface area (Å²) in [4.78, 5) is 19.1. The maximum Gasteiger partial charge on any atom is 0.413 e. The molecule has 5 nitrogen and oxygen atoms in total. The summed E-state index contributed by atoms with van der Waals surface area (Å²) < 4.78 is 5.00. The number of nitrogens with one attached hydrogen (secondary N) is 1. The molecule has 0 radical (unpaired) electrons. The van der Waals surface area contributed by atoms with Gasteiger partial charge in [-0.05, 0) is 5.56 Å². The number of halogens is 3. The molecule has 0 aliphatic heterocycles. The third-order valence-corrected chi connectivity index (χ3v) is 3.09. The molecule has 20 heavy (non-hydrogen) atoms. The van der Waals surface area contributed by atoms with E-state index in [1.807, 2.05) is 30.3 Å². The second-order valence-corrected chi connectivity index (χ2v) is 4.71. The molecule has 2 aromatic rings. The van der Waals surface area contributed by atoms with Gasteiger partial charge in [-0.25, -0.2) is 14.8 Å². The highest BCUT2D eigenvalue weighted by molar-refractivity contribution is 6.41. The first-order valence-corrected chi connectivity index (χ1v) is 6.56. The number of rotatable bonds is 3. The number of nitrogens with zero attached hydrogens (tertiary/aromatic N) is 2. The zero-order valence-corrected chi connectivity index (χ0v) is 12.2. The Morgan fingerprint density at radius 2 is 1.70 bits per heavy atom. The maximum absolute atomic E-state index is 11.6. The van der Waals surface area contributed by atoms with Crippen molar-refractivity contribution in [2.24, 2.45) is 0 Å². The van der Waals surface area contributed by atoms with Gasteiger partial charge in [0.1, 0.15) is 6.61 Å². The van der Waals surface area contributed by atoms with Gasteiger partial charge in [-0.1, -0.05) is 65.1 Å². The zero-order chi connectivity index (χ0) is 14.5. The molecule has 0 aliphatic rings. The first kappa shape index (κ1) is 14.8. The first-order valence-electron chi connectivity index (χ1n) is 5.42. The SMILES string of the molecule is O=C(Nc1nc(Cl)c(Cl)nc1Cl)OCc1ccccc1. The van der Waals surface area contributed by atoms with Gasteiger partial charge in [0.05, 0.1) is 0 Å². The van der Waals surface area contributed by atoms with Crippen LogP contribution < -0.4 is 5.32 Å². The van der Waals surface area contributed by atoms with Crippen LogP contribution in [0.4, 0.5) is 10.6 Å². The summed E-state index contributed by atoms with van der Waals surface area (Å²) in [6.45, 7) is 0.124. The van der Waals surface area contributed by atoms with E-state index in [1.54, 1.807) is 0 Å². The molecule has 0 spiro atoms. The highest BCUT2D eigenvalue weighted by Gasteiger charge is 2.13. The smallest absolute Gasteiger partial charge is 0.413 e. The lowest BCUT2D eigenvalue weighted by atomic mass is 10.2. The van der Waals surface area contributed by atoms with Gasteiger partial charge < -0.3 is 4.74 Å². The van der Waals surface area contributed by atoms with E-state index in [-0.39, 0.29) is 27.9 Å². The molecule has 1 amide bonds. The minimum absolute atomic E-state index is 0.0147. The molecule has 0 saturated heterocycles. The summed E-state index contributed by atoms with van der Waals surface area (Å²) in [6, 6.07) is 9.23. The minimum Gasteiger partial charge on any atom is -0.444 e. The van der Waals surface area contributed by atoms with Gasteiger partial charge >= 0.3 is 6.09 Å². The van der Waals surface area contributed by atoms with Gasteiger partial charge in [-0.2, -0.15) is 0 Å². The molecule has 1 N–H and O–H groups in total. The lowest BCUT2D eigenvalue weighted by Gasteiger charge is -2.08. The summed E-state index contributed by atoms with van der Waals surface area (Å²) in [7, 11) is 0. The number of anilines is 1.